The van der Waals surface area contributed by atoms with Gasteiger partial charge >= 0.3 is 5.97 Å². The summed E-state index contributed by atoms with van der Waals surface area (Å²) < 4.78 is 10.8. The minimum absolute atomic E-state index is 0.0871. The minimum Gasteiger partial charge on any atom is -0.483 e. The number of carbonyl (C=O) groups is 2. The lowest BCUT2D eigenvalue weighted by Gasteiger charge is -2.24. The van der Waals surface area contributed by atoms with Gasteiger partial charge in [-0.3, -0.25) is 9.59 Å². The first-order valence-corrected chi connectivity index (χ1v) is 8.83. The molecule has 1 fully saturated rings. The van der Waals surface area contributed by atoms with Gasteiger partial charge in [-0.1, -0.05) is 48.5 Å². The Balaban J connectivity index is 1.66. The number of hydrogen-bond donors (Lipinski definition) is 1. The van der Waals surface area contributed by atoms with E-state index in [9.17, 15) is 14.7 Å². The normalized spacial score (nSPS) is 19.1. The fraction of sp³-hybridized carbons (Fsp3) is 0.333. The van der Waals surface area contributed by atoms with Gasteiger partial charge in [0.05, 0.1) is 6.61 Å². The molecular weight excluding hydrogens is 346 g/mol. The number of amides is 1. The Bertz CT molecular complexity index is 807. The predicted molar refractivity (Wildman–Crippen MR) is 101 cm³/mol. The molecule has 1 amide bonds. The van der Waals surface area contributed by atoms with E-state index in [-0.39, 0.29) is 25.7 Å². The van der Waals surface area contributed by atoms with Crippen LogP contribution in [0.25, 0.3) is 11.1 Å². The standard InChI is InChI=1S/C21H23NO5/c1-26-15-21(20(24)25)11-12-22(14-21)19(23)13-27-18-10-6-5-9-17(18)16-7-3-2-4-8-16/h2-10H,11-15H2,1H3,(H,24,25). The van der Waals surface area contributed by atoms with Crippen LogP contribution in [0.2, 0.25) is 0 Å². The predicted octanol–water partition coefficient (Wildman–Crippen LogP) is 2.68. The number of benzene rings is 2. The van der Waals surface area contributed by atoms with Crippen molar-refractivity contribution in [3.05, 3.63) is 54.6 Å². The molecule has 1 unspecified atom stereocenters. The molecule has 0 spiro atoms. The van der Waals surface area contributed by atoms with Crippen LogP contribution in [-0.2, 0) is 14.3 Å². The van der Waals surface area contributed by atoms with Gasteiger partial charge < -0.3 is 19.5 Å². The Hall–Kier alpha value is -2.86. The zero-order valence-corrected chi connectivity index (χ0v) is 15.3. The lowest BCUT2D eigenvalue weighted by atomic mass is 9.88. The number of carboxylic acid groups (broad SMARTS) is 1. The van der Waals surface area contributed by atoms with Crippen molar-refractivity contribution in [1.82, 2.24) is 4.90 Å². The Morgan fingerprint density at radius 1 is 1.11 bits per heavy atom. The molecule has 0 bridgehead atoms. The molecule has 1 saturated heterocycles. The van der Waals surface area contributed by atoms with E-state index in [0.29, 0.717) is 18.7 Å². The highest BCUT2D eigenvalue weighted by atomic mass is 16.5. The maximum absolute atomic E-state index is 12.5. The van der Waals surface area contributed by atoms with Gasteiger partial charge in [0.15, 0.2) is 6.61 Å². The Kier molecular flexibility index (Phi) is 5.76. The number of carboxylic acids is 1. The van der Waals surface area contributed by atoms with E-state index in [1.54, 1.807) is 0 Å². The number of nitrogens with zero attached hydrogens (tertiary/aromatic N) is 1. The van der Waals surface area contributed by atoms with Crippen LogP contribution in [0, 0.1) is 5.41 Å². The first kappa shape index (κ1) is 18.9. The average molecular weight is 369 g/mol. The highest BCUT2D eigenvalue weighted by Crippen LogP contribution is 2.32. The fourth-order valence-electron chi connectivity index (χ4n) is 3.40. The molecule has 1 atom stereocenters. The van der Waals surface area contributed by atoms with Gasteiger partial charge in [0.2, 0.25) is 0 Å². The van der Waals surface area contributed by atoms with E-state index < -0.39 is 11.4 Å². The van der Waals surface area contributed by atoms with Crippen LogP contribution >= 0.6 is 0 Å². The number of rotatable bonds is 7. The van der Waals surface area contributed by atoms with Crippen molar-refractivity contribution < 1.29 is 24.2 Å². The molecule has 1 aliphatic heterocycles. The summed E-state index contributed by atoms with van der Waals surface area (Å²) >= 11 is 0. The third-order valence-electron chi connectivity index (χ3n) is 4.90. The zero-order chi connectivity index (χ0) is 19.3. The topological polar surface area (TPSA) is 76.1 Å². The van der Waals surface area contributed by atoms with Crippen LogP contribution in [0.15, 0.2) is 54.6 Å². The molecule has 0 radical (unpaired) electrons. The number of ether oxygens (including phenoxy) is 2. The SMILES string of the molecule is COCC1(C(=O)O)CCN(C(=O)COc2ccccc2-c2ccccc2)C1. The largest absolute Gasteiger partial charge is 0.483 e. The van der Waals surface area contributed by atoms with Crippen molar-refractivity contribution in [1.29, 1.82) is 0 Å². The molecule has 1 aliphatic rings. The highest BCUT2D eigenvalue weighted by Gasteiger charge is 2.46. The van der Waals surface area contributed by atoms with E-state index in [4.69, 9.17) is 9.47 Å². The molecule has 0 aliphatic carbocycles. The van der Waals surface area contributed by atoms with Crippen molar-refractivity contribution in [3.8, 4) is 16.9 Å². The second-order valence-corrected chi connectivity index (χ2v) is 6.73. The zero-order valence-electron chi connectivity index (χ0n) is 15.3. The lowest BCUT2D eigenvalue weighted by Crippen LogP contribution is -2.41. The summed E-state index contributed by atoms with van der Waals surface area (Å²) in [5.41, 5.74) is 0.880. The van der Waals surface area contributed by atoms with Gasteiger partial charge in [0.1, 0.15) is 11.2 Å². The summed E-state index contributed by atoms with van der Waals surface area (Å²) in [6.45, 7) is 0.479. The molecule has 0 aromatic heterocycles. The van der Waals surface area contributed by atoms with Crippen molar-refractivity contribution >= 4 is 11.9 Å². The van der Waals surface area contributed by atoms with Crippen LogP contribution in [0.1, 0.15) is 6.42 Å². The van der Waals surface area contributed by atoms with Gasteiger partial charge in [-0.25, -0.2) is 0 Å². The summed E-state index contributed by atoms with van der Waals surface area (Å²) in [5.74, 6) is -0.537. The van der Waals surface area contributed by atoms with Crippen molar-refractivity contribution in [3.63, 3.8) is 0 Å². The first-order valence-electron chi connectivity index (χ1n) is 8.83. The summed E-state index contributed by atoms with van der Waals surface area (Å²) in [4.78, 5) is 25.7. The van der Waals surface area contributed by atoms with Gasteiger partial charge in [-0.15, -0.1) is 0 Å². The number of likely N-dealkylation sites (tertiary alicyclic amines) is 1. The van der Waals surface area contributed by atoms with E-state index in [2.05, 4.69) is 0 Å². The Morgan fingerprint density at radius 2 is 1.81 bits per heavy atom. The molecule has 27 heavy (non-hydrogen) atoms. The average Bonchev–Trinajstić information content (AvgIpc) is 3.13. The van der Waals surface area contributed by atoms with Crippen molar-refractivity contribution in [2.75, 3.05) is 33.4 Å². The lowest BCUT2D eigenvalue weighted by molar-refractivity contribution is -0.151. The second-order valence-electron chi connectivity index (χ2n) is 6.73. The van der Waals surface area contributed by atoms with E-state index in [0.717, 1.165) is 11.1 Å². The Morgan fingerprint density at radius 3 is 2.52 bits per heavy atom. The monoisotopic (exact) mass is 369 g/mol. The fourth-order valence-corrected chi connectivity index (χ4v) is 3.40. The maximum Gasteiger partial charge on any atom is 0.313 e. The van der Waals surface area contributed by atoms with E-state index in [1.165, 1.54) is 12.0 Å². The smallest absolute Gasteiger partial charge is 0.313 e. The summed E-state index contributed by atoms with van der Waals surface area (Å²) in [6.07, 6.45) is 0.377. The van der Waals surface area contributed by atoms with Gasteiger partial charge in [-0.05, 0) is 18.1 Å². The molecule has 142 valence electrons. The van der Waals surface area contributed by atoms with Crippen molar-refractivity contribution in [2.24, 2.45) is 5.41 Å². The van der Waals surface area contributed by atoms with Gasteiger partial charge in [0.25, 0.3) is 5.91 Å². The third-order valence-corrected chi connectivity index (χ3v) is 4.90. The van der Waals surface area contributed by atoms with E-state index >= 15 is 0 Å². The highest BCUT2D eigenvalue weighted by molar-refractivity contribution is 5.82. The van der Waals surface area contributed by atoms with Gasteiger partial charge in [0, 0.05) is 25.8 Å². The number of aliphatic carboxylic acids is 1. The maximum atomic E-state index is 12.5. The number of carbonyl (C=O) groups excluding carboxylic acids is 1. The van der Waals surface area contributed by atoms with Crippen LogP contribution in [0.4, 0.5) is 0 Å². The van der Waals surface area contributed by atoms with Crippen LogP contribution < -0.4 is 4.74 Å². The molecule has 0 saturated carbocycles. The van der Waals surface area contributed by atoms with E-state index in [1.807, 2.05) is 54.6 Å². The minimum atomic E-state index is -1.04. The summed E-state index contributed by atoms with van der Waals surface area (Å²) in [6, 6.07) is 17.3. The summed E-state index contributed by atoms with van der Waals surface area (Å²) in [7, 11) is 1.47. The molecule has 2 aromatic rings. The molecule has 1 N–H and O–H groups in total. The summed E-state index contributed by atoms with van der Waals surface area (Å²) in [5, 5.41) is 9.52. The molecule has 3 rings (SSSR count). The molecule has 1 heterocycles. The van der Waals surface area contributed by atoms with Gasteiger partial charge in [-0.2, -0.15) is 0 Å². The molecular formula is C21H23NO5. The number of para-hydroxylation sites is 1. The second kappa shape index (κ2) is 8.22. The first-order chi connectivity index (χ1) is 13.1. The number of methoxy groups -OCH3 is 1. The van der Waals surface area contributed by atoms with Crippen molar-refractivity contribution in [2.45, 2.75) is 6.42 Å². The van der Waals surface area contributed by atoms with Crippen LogP contribution in [-0.4, -0.2) is 55.3 Å². The van der Waals surface area contributed by atoms with Crippen LogP contribution in [0.5, 0.6) is 5.75 Å². The molecule has 6 nitrogen and oxygen atoms in total. The molecule has 6 heteroatoms. The van der Waals surface area contributed by atoms with Crippen LogP contribution in [0.3, 0.4) is 0 Å². The Labute approximate surface area is 158 Å². The number of hydrogen-bond acceptors (Lipinski definition) is 4. The quantitative estimate of drug-likeness (QED) is 0.812. The third kappa shape index (κ3) is 4.11. The molecule has 2 aromatic carbocycles.